The number of nitrogens with zero attached hydrogens (tertiary/aromatic N) is 1. The van der Waals surface area contributed by atoms with Gasteiger partial charge >= 0.3 is 0 Å². The minimum absolute atomic E-state index is 0. The SMILES string of the molecule is Cl.O=C(C1CSCN1)N1CCc2ccccc21. The molecule has 92 valence electrons. The zero-order valence-electron chi connectivity index (χ0n) is 9.39. The van der Waals surface area contributed by atoms with Crippen LogP contribution in [0.1, 0.15) is 5.56 Å². The molecule has 2 aliphatic heterocycles. The maximum absolute atomic E-state index is 12.3. The van der Waals surface area contributed by atoms with Crippen LogP contribution in [-0.4, -0.2) is 30.1 Å². The highest BCUT2D eigenvalue weighted by atomic mass is 35.5. The zero-order chi connectivity index (χ0) is 11.0. The van der Waals surface area contributed by atoms with E-state index < -0.39 is 0 Å². The molecule has 2 heterocycles. The number of carbonyl (C=O) groups is 1. The fraction of sp³-hybridized carbons (Fsp3) is 0.417. The first-order valence-corrected chi connectivity index (χ1v) is 6.72. The molecule has 0 saturated carbocycles. The molecule has 0 spiro atoms. The molecule has 1 atom stereocenters. The van der Waals surface area contributed by atoms with Crippen LogP contribution in [0, 0.1) is 0 Å². The van der Waals surface area contributed by atoms with Crippen molar-refractivity contribution < 1.29 is 4.79 Å². The van der Waals surface area contributed by atoms with Crippen molar-refractivity contribution in [3.63, 3.8) is 0 Å². The third kappa shape index (κ3) is 2.30. The van der Waals surface area contributed by atoms with Crippen LogP contribution in [0.25, 0.3) is 0 Å². The van der Waals surface area contributed by atoms with E-state index in [0.29, 0.717) is 0 Å². The molecule has 0 radical (unpaired) electrons. The van der Waals surface area contributed by atoms with Gasteiger partial charge in [-0.3, -0.25) is 10.1 Å². The van der Waals surface area contributed by atoms with Gasteiger partial charge in [-0.2, -0.15) is 0 Å². The summed E-state index contributed by atoms with van der Waals surface area (Å²) < 4.78 is 0. The number of nitrogens with one attached hydrogen (secondary N) is 1. The first-order chi connectivity index (χ1) is 7.86. The molecule has 1 N–H and O–H groups in total. The second-order valence-corrected chi connectivity index (χ2v) is 5.17. The van der Waals surface area contributed by atoms with Gasteiger partial charge in [0, 0.05) is 23.9 Å². The number of hydrogen-bond donors (Lipinski definition) is 1. The van der Waals surface area contributed by atoms with Gasteiger partial charge in [-0.05, 0) is 18.1 Å². The zero-order valence-corrected chi connectivity index (χ0v) is 11.0. The van der Waals surface area contributed by atoms with Crippen LogP contribution in [0.5, 0.6) is 0 Å². The average Bonchev–Trinajstić information content (AvgIpc) is 2.98. The number of hydrogen-bond acceptors (Lipinski definition) is 3. The van der Waals surface area contributed by atoms with Crippen LogP contribution in [-0.2, 0) is 11.2 Å². The number of thioether (sulfide) groups is 1. The third-order valence-corrected chi connectivity index (χ3v) is 4.11. The smallest absolute Gasteiger partial charge is 0.245 e. The quantitative estimate of drug-likeness (QED) is 0.842. The van der Waals surface area contributed by atoms with E-state index in [1.165, 1.54) is 5.56 Å². The molecule has 1 aromatic carbocycles. The summed E-state index contributed by atoms with van der Waals surface area (Å²) in [5.74, 6) is 2.03. The first-order valence-electron chi connectivity index (χ1n) is 5.56. The van der Waals surface area contributed by atoms with E-state index in [4.69, 9.17) is 0 Å². The fourth-order valence-corrected chi connectivity index (χ4v) is 3.24. The minimum atomic E-state index is 0. The lowest BCUT2D eigenvalue weighted by Crippen LogP contribution is -2.44. The fourth-order valence-electron chi connectivity index (χ4n) is 2.31. The number of halogens is 1. The summed E-state index contributed by atoms with van der Waals surface area (Å²) in [6.07, 6.45) is 0.988. The number of fused-ring (bicyclic) bond motifs is 1. The maximum Gasteiger partial charge on any atom is 0.245 e. The van der Waals surface area contributed by atoms with Crippen molar-refractivity contribution in [2.45, 2.75) is 12.5 Å². The van der Waals surface area contributed by atoms with E-state index in [2.05, 4.69) is 11.4 Å². The van der Waals surface area contributed by atoms with E-state index in [1.807, 2.05) is 23.1 Å². The molecule has 3 nitrogen and oxygen atoms in total. The Bertz CT molecular complexity index is 421. The molecule has 1 fully saturated rings. The Morgan fingerprint density at radius 3 is 3.00 bits per heavy atom. The molecular formula is C12H15ClN2OS. The van der Waals surface area contributed by atoms with E-state index in [-0.39, 0.29) is 24.4 Å². The highest BCUT2D eigenvalue weighted by Gasteiger charge is 2.31. The van der Waals surface area contributed by atoms with Gasteiger partial charge < -0.3 is 4.90 Å². The van der Waals surface area contributed by atoms with Crippen LogP contribution in [0.15, 0.2) is 24.3 Å². The summed E-state index contributed by atoms with van der Waals surface area (Å²) in [5, 5.41) is 3.24. The summed E-state index contributed by atoms with van der Waals surface area (Å²) in [4.78, 5) is 14.2. The van der Waals surface area contributed by atoms with Gasteiger partial charge in [-0.1, -0.05) is 18.2 Å². The predicted molar refractivity (Wildman–Crippen MR) is 74.0 cm³/mol. The number of amides is 1. The number of benzene rings is 1. The van der Waals surface area contributed by atoms with Crippen molar-refractivity contribution in [2.75, 3.05) is 23.1 Å². The van der Waals surface area contributed by atoms with E-state index in [9.17, 15) is 4.79 Å². The Labute approximate surface area is 111 Å². The predicted octanol–water partition coefficient (Wildman–Crippen LogP) is 1.66. The lowest BCUT2D eigenvalue weighted by molar-refractivity contribution is -0.119. The Morgan fingerprint density at radius 2 is 2.24 bits per heavy atom. The van der Waals surface area contributed by atoms with Gasteiger partial charge in [0.25, 0.3) is 0 Å². The van der Waals surface area contributed by atoms with Gasteiger partial charge in [-0.25, -0.2) is 0 Å². The van der Waals surface area contributed by atoms with E-state index in [0.717, 1.165) is 30.3 Å². The molecule has 17 heavy (non-hydrogen) atoms. The molecule has 0 aliphatic carbocycles. The molecule has 1 aromatic rings. The summed E-state index contributed by atoms with van der Waals surface area (Å²) in [7, 11) is 0. The number of anilines is 1. The van der Waals surface area contributed by atoms with Crippen LogP contribution < -0.4 is 10.2 Å². The number of rotatable bonds is 1. The topological polar surface area (TPSA) is 32.3 Å². The number of carbonyl (C=O) groups excluding carboxylic acids is 1. The van der Waals surface area contributed by atoms with Gasteiger partial charge in [-0.15, -0.1) is 24.2 Å². The van der Waals surface area contributed by atoms with Crippen molar-refractivity contribution in [1.29, 1.82) is 0 Å². The van der Waals surface area contributed by atoms with Crippen molar-refractivity contribution in [1.82, 2.24) is 5.32 Å². The van der Waals surface area contributed by atoms with Gasteiger partial charge in [0.2, 0.25) is 5.91 Å². The van der Waals surface area contributed by atoms with Crippen LogP contribution in [0.3, 0.4) is 0 Å². The van der Waals surface area contributed by atoms with E-state index >= 15 is 0 Å². The molecule has 1 amide bonds. The van der Waals surface area contributed by atoms with Crippen molar-refractivity contribution >= 4 is 35.8 Å². The molecule has 0 bridgehead atoms. The Balaban J connectivity index is 0.00000108. The van der Waals surface area contributed by atoms with Crippen molar-refractivity contribution in [2.24, 2.45) is 0 Å². The van der Waals surface area contributed by atoms with Crippen LogP contribution >= 0.6 is 24.2 Å². The molecule has 1 unspecified atom stereocenters. The van der Waals surface area contributed by atoms with Crippen LogP contribution in [0.2, 0.25) is 0 Å². The van der Waals surface area contributed by atoms with E-state index in [1.54, 1.807) is 11.8 Å². The molecular weight excluding hydrogens is 256 g/mol. The van der Waals surface area contributed by atoms with Crippen LogP contribution in [0.4, 0.5) is 5.69 Å². The largest absolute Gasteiger partial charge is 0.310 e. The lowest BCUT2D eigenvalue weighted by atomic mass is 10.2. The normalized spacial score (nSPS) is 22.1. The molecule has 1 saturated heterocycles. The standard InChI is InChI=1S/C12H14N2OS.ClH/c15-12(10-7-16-8-13-10)14-6-5-9-3-1-2-4-11(9)14;/h1-4,10,13H,5-8H2;1H. The molecule has 0 aromatic heterocycles. The van der Waals surface area contributed by atoms with Crippen molar-refractivity contribution in [3.05, 3.63) is 29.8 Å². The Morgan fingerprint density at radius 1 is 1.41 bits per heavy atom. The number of para-hydroxylation sites is 1. The lowest BCUT2D eigenvalue weighted by Gasteiger charge is -2.20. The summed E-state index contributed by atoms with van der Waals surface area (Å²) in [5.41, 5.74) is 2.40. The molecule has 3 rings (SSSR count). The Kier molecular flexibility index (Phi) is 3.97. The summed E-state index contributed by atoms with van der Waals surface area (Å²) in [6, 6.07) is 8.20. The maximum atomic E-state index is 12.3. The van der Waals surface area contributed by atoms with Gasteiger partial charge in [0.15, 0.2) is 0 Å². The van der Waals surface area contributed by atoms with Gasteiger partial charge in [0.05, 0.1) is 6.04 Å². The van der Waals surface area contributed by atoms with Gasteiger partial charge in [0.1, 0.15) is 0 Å². The summed E-state index contributed by atoms with van der Waals surface area (Å²) in [6.45, 7) is 0.834. The second kappa shape index (κ2) is 5.29. The highest BCUT2D eigenvalue weighted by Crippen LogP contribution is 2.28. The summed E-state index contributed by atoms with van der Waals surface area (Å²) >= 11 is 1.79. The first kappa shape index (κ1) is 12.7. The highest BCUT2D eigenvalue weighted by molar-refractivity contribution is 7.99. The molecule has 5 heteroatoms. The molecule has 2 aliphatic rings. The average molecular weight is 271 g/mol. The third-order valence-electron chi connectivity index (χ3n) is 3.17. The monoisotopic (exact) mass is 270 g/mol. The second-order valence-electron chi connectivity index (χ2n) is 4.14. The van der Waals surface area contributed by atoms with Crippen molar-refractivity contribution in [3.8, 4) is 0 Å². The Hall–Kier alpha value is -0.710. The minimum Gasteiger partial charge on any atom is -0.310 e.